The van der Waals surface area contributed by atoms with Gasteiger partial charge in [-0.2, -0.15) is 0 Å². The standard InChI is InChI=1S/C22H24N2O3/c1-17(18-8-4-2-5-9-18)16-20(25)23-21(19-10-6-3-7-11-19)22(26)24-12-14-27-15-13-24/h2-11,16,21H,12-15H2,1H3,(H,23,25)/b17-16+/t21-/m0/s1. The van der Waals surface area contributed by atoms with Crippen LogP contribution in [0.1, 0.15) is 24.1 Å². The second kappa shape index (κ2) is 9.14. The summed E-state index contributed by atoms with van der Waals surface area (Å²) in [4.78, 5) is 27.4. The molecule has 0 aromatic heterocycles. The Morgan fingerprint density at radius 2 is 1.59 bits per heavy atom. The SMILES string of the molecule is C/C(=C\C(=O)N[C@H](C(=O)N1CCOCC1)c1ccccc1)c1ccccc1. The molecule has 1 aliphatic heterocycles. The average Bonchev–Trinajstić information content (AvgIpc) is 2.73. The fourth-order valence-electron chi connectivity index (χ4n) is 3.06. The van der Waals surface area contributed by atoms with E-state index >= 15 is 0 Å². The van der Waals surface area contributed by atoms with E-state index < -0.39 is 6.04 Å². The monoisotopic (exact) mass is 364 g/mol. The number of benzene rings is 2. The van der Waals surface area contributed by atoms with Gasteiger partial charge < -0.3 is 15.0 Å². The predicted octanol–water partition coefficient (Wildman–Crippen LogP) is 2.81. The maximum Gasteiger partial charge on any atom is 0.249 e. The summed E-state index contributed by atoms with van der Waals surface area (Å²) in [5.41, 5.74) is 2.59. The molecule has 0 unspecified atom stereocenters. The quantitative estimate of drug-likeness (QED) is 0.830. The number of hydrogen-bond donors (Lipinski definition) is 1. The van der Waals surface area contributed by atoms with Crippen molar-refractivity contribution in [2.45, 2.75) is 13.0 Å². The third kappa shape index (κ3) is 5.05. The van der Waals surface area contributed by atoms with E-state index in [4.69, 9.17) is 4.74 Å². The summed E-state index contributed by atoms with van der Waals surface area (Å²) in [7, 11) is 0. The lowest BCUT2D eigenvalue weighted by Gasteiger charge is -2.30. The van der Waals surface area contributed by atoms with Crippen LogP contribution in [0.4, 0.5) is 0 Å². The van der Waals surface area contributed by atoms with Gasteiger partial charge in [-0.1, -0.05) is 60.7 Å². The van der Waals surface area contributed by atoms with Crippen molar-refractivity contribution in [2.24, 2.45) is 0 Å². The second-order valence-electron chi connectivity index (χ2n) is 6.48. The summed E-state index contributed by atoms with van der Waals surface area (Å²) < 4.78 is 5.33. The highest BCUT2D eigenvalue weighted by Gasteiger charge is 2.28. The van der Waals surface area contributed by atoms with Gasteiger partial charge in [0.1, 0.15) is 6.04 Å². The molecule has 2 aromatic carbocycles. The Bertz CT molecular complexity index is 797. The smallest absolute Gasteiger partial charge is 0.249 e. The molecule has 140 valence electrons. The van der Waals surface area contributed by atoms with Gasteiger partial charge in [-0.3, -0.25) is 9.59 Å². The van der Waals surface area contributed by atoms with Crippen molar-refractivity contribution in [3.63, 3.8) is 0 Å². The summed E-state index contributed by atoms with van der Waals surface area (Å²) in [5, 5.41) is 2.88. The number of ether oxygens (including phenoxy) is 1. The fraction of sp³-hybridized carbons (Fsp3) is 0.273. The number of amides is 2. The molecule has 1 saturated heterocycles. The van der Waals surface area contributed by atoms with Crippen LogP contribution < -0.4 is 5.32 Å². The third-order valence-corrected chi connectivity index (χ3v) is 4.57. The number of carbonyl (C=O) groups excluding carboxylic acids is 2. The van der Waals surface area contributed by atoms with Crippen molar-refractivity contribution < 1.29 is 14.3 Å². The first-order valence-electron chi connectivity index (χ1n) is 9.11. The normalized spacial score (nSPS) is 15.9. The van der Waals surface area contributed by atoms with E-state index in [0.717, 1.165) is 16.7 Å². The van der Waals surface area contributed by atoms with E-state index in [9.17, 15) is 9.59 Å². The Morgan fingerprint density at radius 3 is 2.22 bits per heavy atom. The molecule has 3 rings (SSSR count). The van der Waals surface area contributed by atoms with Crippen LogP contribution in [0.25, 0.3) is 5.57 Å². The lowest BCUT2D eigenvalue weighted by Crippen LogP contribution is -2.47. The molecule has 5 heteroatoms. The van der Waals surface area contributed by atoms with Gasteiger partial charge in [0.05, 0.1) is 13.2 Å². The molecule has 0 spiro atoms. The van der Waals surface area contributed by atoms with Gasteiger partial charge in [-0.15, -0.1) is 0 Å². The highest BCUT2D eigenvalue weighted by atomic mass is 16.5. The van der Waals surface area contributed by atoms with Crippen LogP contribution in [0.15, 0.2) is 66.7 Å². The maximum absolute atomic E-state index is 13.0. The summed E-state index contributed by atoms with van der Waals surface area (Å²) >= 11 is 0. The first-order chi connectivity index (χ1) is 13.1. The van der Waals surface area contributed by atoms with E-state index in [0.29, 0.717) is 26.3 Å². The van der Waals surface area contributed by atoms with E-state index in [1.165, 1.54) is 6.08 Å². The maximum atomic E-state index is 13.0. The molecule has 1 N–H and O–H groups in total. The van der Waals surface area contributed by atoms with Crippen LogP contribution in [0.2, 0.25) is 0 Å². The number of nitrogens with one attached hydrogen (secondary N) is 1. The molecule has 0 bridgehead atoms. The van der Waals surface area contributed by atoms with Crippen LogP contribution in [0.3, 0.4) is 0 Å². The molecule has 2 amide bonds. The summed E-state index contributed by atoms with van der Waals surface area (Å²) in [6.45, 7) is 4.01. The zero-order valence-corrected chi connectivity index (χ0v) is 15.4. The Balaban J connectivity index is 1.78. The van der Waals surface area contributed by atoms with Gasteiger partial charge in [0.15, 0.2) is 0 Å². The third-order valence-electron chi connectivity index (χ3n) is 4.57. The number of hydrogen-bond acceptors (Lipinski definition) is 3. The number of carbonyl (C=O) groups is 2. The van der Waals surface area contributed by atoms with Crippen LogP contribution in [-0.2, 0) is 14.3 Å². The molecule has 1 atom stereocenters. The van der Waals surface area contributed by atoms with E-state index in [1.807, 2.05) is 67.6 Å². The van der Waals surface area contributed by atoms with E-state index in [-0.39, 0.29) is 11.8 Å². The van der Waals surface area contributed by atoms with Crippen molar-refractivity contribution in [2.75, 3.05) is 26.3 Å². The predicted molar refractivity (Wildman–Crippen MR) is 105 cm³/mol. The summed E-state index contributed by atoms with van der Waals surface area (Å²) in [6.07, 6.45) is 1.54. The van der Waals surface area contributed by atoms with Crippen LogP contribution in [0.5, 0.6) is 0 Å². The molecular weight excluding hydrogens is 340 g/mol. The Morgan fingerprint density at radius 1 is 1.00 bits per heavy atom. The zero-order chi connectivity index (χ0) is 19.1. The molecule has 2 aromatic rings. The second-order valence-corrected chi connectivity index (χ2v) is 6.48. The van der Waals surface area contributed by atoms with Gasteiger partial charge in [-0.25, -0.2) is 0 Å². The number of allylic oxidation sites excluding steroid dienone is 1. The highest BCUT2D eigenvalue weighted by molar-refractivity contribution is 5.98. The largest absolute Gasteiger partial charge is 0.378 e. The first kappa shape index (κ1) is 18.9. The minimum atomic E-state index is -0.711. The molecule has 27 heavy (non-hydrogen) atoms. The Kier molecular flexibility index (Phi) is 6.39. The van der Waals surface area contributed by atoms with Crippen LogP contribution in [0, 0.1) is 0 Å². The van der Waals surface area contributed by atoms with Gasteiger partial charge >= 0.3 is 0 Å². The average molecular weight is 364 g/mol. The molecular formula is C22H24N2O3. The molecule has 1 heterocycles. The topological polar surface area (TPSA) is 58.6 Å². The van der Waals surface area contributed by atoms with Gasteiger partial charge in [0.2, 0.25) is 11.8 Å². The number of rotatable bonds is 5. The lowest BCUT2D eigenvalue weighted by molar-refractivity contribution is -0.139. The summed E-state index contributed by atoms with van der Waals surface area (Å²) in [5.74, 6) is -0.393. The number of morpholine rings is 1. The fourth-order valence-corrected chi connectivity index (χ4v) is 3.06. The minimum Gasteiger partial charge on any atom is -0.378 e. The van der Waals surface area contributed by atoms with Gasteiger partial charge in [-0.05, 0) is 23.6 Å². The minimum absolute atomic E-state index is 0.108. The molecule has 0 saturated carbocycles. The summed E-state index contributed by atoms with van der Waals surface area (Å²) in [6, 6.07) is 18.3. The van der Waals surface area contributed by atoms with Crippen molar-refractivity contribution in [3.05, 3.63) is 77.9 Å². The molecule has 5 nitrogen and oxygen atoms in total. The van der Waals surface area contributed by atoms with Crippen molar-refractivity contribution in [1.29, 1.82) is 0 Å². The van der Waals surface area contributed by atoms with Crippen LogP contribution in [-0.4, -0.2) is 43.0 Å². The highest BCUT2D eigenvalue weighted by Crippen LogP contribution is 2.18. The van der Waals surface area contributed by atoms with Crippen molar-refractivity contribution in [1.82, 2.24) is 10.2 Å². The van der Waals surface area contributed by atoms with Gasteiger partial charge in [0.25, 0.3) is 0 Å². The van der Waals surface area contributed by atoms with Crippen molar-refractivity contribution >= 4 is 17.4 Å². The van der Waals surface area contributed by atoms with E-state index in [1.54, 1.807) is 4.90 Å². The lowest BCUT2D eigenvalue weighted by atomic mass is 10.0. The first-order valence-corrected chi connectivity index (χ1v) is 9.11. The Hall–Kier alpha value is -2.92. The zero-order valence-electron chi connectivity index (χ0n) is 15.4. The molecule has 1 aliphatic rings. The van der Waals surface area contributed by atoms with Crippen molar-refractivity contribution in [3.8, 4) is 0 Å². The Labute approximate surface area is 159 Å². The molecule has 0 aliphatic carbocycles. The van der Waals surface area contributed by atoms with Crippen LogP contribution >= 0.6 is 0 Å². The van der Waals surface area contributed by atoms with E-state index in [2.05, 4.69) is 5.32 Å². The number of nitrogens with zero attached hydrogens (tertiary/aromatic N) is 1. The molecule has 1 fully saturated rings. The molecule has 0 radical (unpaired) electrons. The van der Waals surface area contributed by atoms with Gasteiger partial charge in [0, 0.05) is 19.2 Å².